The molecule has 0 aliphatic heterocycles. The van der Waals surface area contributed by atoms with Gasteiger partial charge in [-0.25, -0.2) is 4.39 Å². The molecule has 1 rings (SSSR count). The van der Waals surface area contributed by atoms with Crippen LogP contribution in [0.5, 0.6) is 0 Å². The van der Waals surface area contributed by atoms with E-state index in [4.69, 9.17) is 10.4 Å². The van der Waals surface area contributed by atoms with Gasteiger partial charge in [0.05, 0.1) is 6.07 Å². The highest BCUT2D eigenvalue weighted by Gasteiger charge is 2.34. The van der Waals surface area contributed by atoms with Crippen LogP contribution in [0.25, 0.3) is 0 Å². The molecule has 0 heterocycles. The number of benzene rings is 1. The predicted octanol–water partition coefficient (Wildman–Crippen LogP) is 1.76. The van der Waals surface area contributed by atoms with Gasteiger partial charge in [-0.05, 0) is 12.5 Å². The molecule has 0 fully saturated rings. The van der Waals surface area contributed by atoms with E-state index < -0.39 is 11.8 Å². The second-order valence-electron chi connectivity index (χ2n) is 2.97. The average molecular weight is 179 g/mol. The maximum absolute atomic E-state index is 13.7. The topological polar surface area (TPSA) is 44.0 Å². The minimum atomic E-state index is -2.00. The predicted molar refractivity (Wildman–Crippen MR) is 46.5 cm³/mol. The molecule has 2 atom stereocenters. The van der Waals surface area contributed by atoms with Crippen LogP contribution in [-0.2, 0) is 5.67 Å². The van der Waals surface area contributed by atoms with E-state index >= 15 is 0 Å². The Labute approximate surface area is 76.2 Å². The highest BCUT2D eigenvalue weighted by atomic mass is 19.1. The molecule has 0 spiro atoms. The monoisotopic (exact) mass is 179 g/mol. The minimum absolute atomic E-state index is 0.309. The Hall–Kier alpha value is -1.40. The molecule has 0 saturated heterocycles. The second-order valence-corrected chi connectivity index (χ2v) is 2.97. The first kappa shape index (κ1) is 9.69. The molecule has 1 aromatic carbocycles. The molecule has 0 aliphatic carbocycles. The number of nitriles is 1. The fraction of sp³-hybridized carbons (Fsp3) is 0.300. The van der Waals surface area contributed by atoms with Crippen LogP contribution < -0.4 is 0 Å². The van der Waals surface area contributed by atoms with Crippen molar-refractivity contribution in [1.29, 1.82) is 5.26 Å². The zero-order chi connectivity index (χ0) is 9.90. The van der Waals surface area contributed by atoms with E-state index in [1.807, 2.05) is 0 Å². The van der Waals surface area contributed by atoms with Crippen LogP contribution in [0.3, 0.4) is 0 Å². The van der Waals surface area contributed by atoms with Crippen LogP contribution in [0.1, 0.15) is 12.5 Å². The van der Waals surface area contributed by atoms with Gasteiger partial charge < -0.3 is 5.11 Å². The van der Waals surface area contributed by atoms with Crippen molar-refractivity contribution in [2.45, 2.75) is 18.7 Å². The van der Waals surface area contributed by atoms with Crippen molar-refractivity contribution >= 4 is 0 Å². The summed E-state index contributed by atoms with van der Waals surface area (Å²) in [6.45, 7) is 1.19. The maximum atomic E-state index is 13.7. The van der Waals surface area contributed by atoms with Crippen molar-refractivity contribution in [3.8, 4) is 6.07 Å². The summed E-state index contributed by atoms with van der Waals surface area (Å²) < 4.78 is 13.7. The third kappa shape index (κ3) is 1.85. The zero-order valence-corrected chi connectivity index (χ0v) is 7.24. The molecule has 0 aromatic heterocycles. The molecule has 1 aromatic rings. The van der Waals surface area contributed by atoms with Crippen molar-refractivity contribution in [3.63, 3.8) is 0 Å². The minimum Gasteiger partial charge on any atom is -0.375 e. The fourth-order valence-corrected chi connectivity index (χ4v) is 1.04. The molecule has 2 nitrogen and oxygen atoms in total. The van der Waals surface area contributed by atoms with Gasteiger partial charge in [-0.2, -0.15) is 5.26 Å². The summed E-state index contributed by atoms with van der Waals surface area (Å²) in [5, 5.41) is 17.5. The molecule has 0 amide bonds. The Morgan fingerprint density at radius 1 is 1.46 bits per heavy atom. The first-order valence-electron chi connectivity index (χ1n) is 3.91. The third-order valence-corrected chi connectivity index (χ3v) is 1.97. The zero-order valence-electron chi connectivity index (χ0n) is 7.24. The van der Waals surface area contributed by atoms with Crippen molar-refractivity contribution in [3.05, 3.63) is 35.9 Å². The van der Waals surface area contributed by atoms with Gasteiger partial charge in [-0.15, -0.1) is 0 Å². The van der Waals surface area contributed by atoms with Crippen LogP contribution in [0.15, 0.2) is 30.3 Å². The van der Waals surface area contributed by atoms with Gasteiger partial charge in [-0.1, -0.05) is 30.3 Å². The second kappa shape index (κ2) is 3.55. The third-order valence-electron chi connectivity index (χ3n) is 1.97. The van der Waals surface area contributed by atoms with Crippen molar-refractivity contribution < 1.29 is 9.50 Å². The summed E-state index contributed by atoms with van der Waals surface area (Å²) in [7, 11) is 0. The fourth-order valence-electron chi connectivity index (χ4n) is 1.04. The Morgan fingerprint density at radius 2 is 2.00 bits per heavy atom. The quantitative estimate of drug-likeness (QED) is 0.703. The molecule has 1 N–H and O–H groups in total. The Bertz CT molecular complexity index is 315. The lowest BCUT2D eigenvalue weighted by molar-refractivity contribution is 0.0380. The van der Waals surface area contributed by atoms with Crippen molar-refractivity contribution in [1.82, 2.24) is 0 Å². The summed E-state index contributed by atoms with van der Waals surface area (Å²) in [6, 6.07) is 9.64. The molecule has 0 unspecified atom stereocenters. The molecule has 0 bridgehead atoms. The standard InChI is InChI=1S/C10H10FNO/c1-10(11,9(13)7-12)8-5-3-2-4-6-8/h2-6,9,13H,1H3/t9-,10+/m0/s1. The van der Waals surface area contributed by atoms with E-state index in [-0.39, 0.29) is 0 Å². The largest absolute Gasteiger partial charge is 0.375 e. The van der Waals surface area contributed by atoms with Crippen molar-refractivity contribution in [2.24, 2.45) is 0 Å². The Morgan fingerprint density at radius 3 is 2.46 bits per heavy atom. The lowest BCUT2D eigenvalue weighted by Gasteiger charge is -2.21. The van der Waals surface area contributed by atoms with E-state index in [1.165, 1.54) is 13.0 Å². The molecule has 3 heteroatoms. The Balaban J connectivity index is 3.02. The highest BCUT2D eigenvalue weighted by Crippen LogP contribution is 2.28. The summed E-state index contributed by atoms with van der Waals surface area (Å²) in [5.41, 5.74) is -1.69. The van der Waals surface area contributed by atoms with Gasteiger partial charge >= 0.3 is 0 Å². The molecule has 13 heavy (non-hydrogen) atoms. The molecule has 68 valence electrons. The highest BCUT2D eigenvalue weighted by molar-refractivity contribution is 5.25. The van der Waals surface area contributed by atoms with Gasteiger partial charge in [0.1, 0.15) is 0 Å². The van der Waals surface area contributed by atoms with Gasteiger partial charge in [0.2, 0.25) is 0 Å². The van der Waals surface area contributed by atoms with Gasteiger partial charge in [-0.3, -0.25) is 0 Å². The normalized spacial score (nSPS) is 17.1. The summed E-state index contributed by atoms with van der Waals surface area (Å²) in [4.78, 5) is 0. The van der Waals surface area contributed by atoms with Crippen LogP contribution >= 0.6 is 0 Å². The lowest BCUT2D eigenvalue weighted by Crippen LogP contribution is -2.30. The first-order valence-corrected chi connectivity index (χ1v) is 3.91. The average Bonchev–Trinajstić information content (AvgIpc) is 2.18. The number of nitrogens with zero attached hydrogens (tertiary/aromatic N) is 1. The number of hydrogen-bond acceptors (Lipinski definition) is 2. The van der Waals surface area contributed by atoms with Crippen LogP contribution in [0.4, 0.5) is 4.39 Å². The number of halogens is 1. The Kier molecular flexibility index (Phi) is 2.64. The van der Waals surface area contributed by atoms with Crippen LogP contribution in [-0.4, -0.2) is 11.2 Å². The molecule has 0 radical (unpaired) electrons. The lowest BCUT2D eigenvalue weighted by atomic mass is 9.93. The molecular weight excluding hydrogens is 169 g/mol. The number of aliphatic hydroxyl groups excluding tert-OH is 1. The number of hydrogen-bond donors (Lipinski definition) is 1. The number of aliphatic hydroxyl groups is 1. The van der Waals surface area contributed by atoms with Gasteiger partial charge in [0, 0.05) is 0 Å². The summed E-state index contributed by atoms with van der Waals surface area (Å²) in [5.74, 6) is 0. The first-order chi connectivity index (χ1) is 6.09. The van der Waals surface area contributed by atoms with Crippen molar-refractivity contribution in [2.75, 3.05) is 0 Å². The smallest absolute Gasteiger partial charge is 0.178 e. The van der Waals surface area contributed by atoms with E-state index in [1.54, 1.807) is 30.3 Å². The number of rotatable bonds is 2. The molecular formula is C10H10FNO. The SMILES string of the molecule is C[C@@](F)(c1ccccc1)[C@@H](O)C#N. The van der Waals surface area contributed by atoms with Gasteiger partial charge in [0.25, 0.3) is 0 Å². The van der Waals surface area contributed by atoms with Crippen LogP contribution in [0.2, 0.25) is 0 Å². The van der Waals surface area contributed by atoms with E-state index in [0.717, 1.165) is 0 Å². The number of alkyl halides is 1. The summed E-state index contributed by atoms with van der Waals surface area (Å²) in [6.07, 6.45) is -1.63. The molecule has 0 aliphatic rings. The van der Waals surface area contributed by atoms with Crippen LogP contribution in [0, 0.1) is 11.3 Å². The van der Waals surface area contributed by atoms with E-state index in [9.17, 15) is 4.39 Å². The van der Waals surface area contributed by atoms with Gasteiger partial charge in [0.15, 0.2) is 11.8 Å². The molecule has 0 saturated carbocycles. The van der Waals surface area contributed by atoms with E-state index in [0.29, 0.717) is 5.56 Å². The summed E-state index contributed by atoms with van der Waals surface area (Å²) >= 11 is 0. The maximum Gasteiger partial charge on any atom is 0.178 e. The van der Waals surface area contributed by atoms with E-state index in [2.05, 4.69) is 0 Å².